The van der Waals surface area contributed by atoms with E-state index in [0.717, 1.165) is 0 Å². The van der Waals surface area contributed by atoms with E-state index in [9.17, 15) is 0 Å². The Kier molecular flexibility index (Phi) is 210000. The second-order valence-electron chi connectivity index (χ2n) is 0. The summed E-state index contributed by atoms with van der Waals surface area (Å²) >= 11 is 0. The van der Waals surface area contributed by atoms with Crippen LogP contribution >= 0.6 is 0 Å². The van der Waals surface area contributed by atoms with Crippen molar-refractivity contribution in [3.8, 4) is 0 Å². The summed E-state index contributed by atoms with van der Waals surface area (Å²) in [5.74, 6) is 0. The van der Waals surface area contributed by atoms with Gasteiger partial charge in [-0.1, -0.05) is 0 Å². The largest absolute Gasteiger partial charge is 0.412 e. The molecule has 0 aliphatic rings. The summed E-state index contributed by atoms with van der Waals surface area (Å²) < 4.78 is 0. The third-order valence-corrected chi connectivity index (χ3v) is 0. The molecule has 0 aromatic carbocycles. The zero-order chi connectivity index (χ0) is 0. The van der Waals surface area contributed by atoms with Gasteiger partial charge in [0.1, 0.15) is 0 Å². The van der Waals surface area contributed by atoms with Crippen LogP contribution in [0.3, 0.4) is 0 Å². The monoisotopic (exact) mass is 305 g/mol. The molecule has 0 unspecified atom stereocenters. The van der Waals surface area contributed by atoms with E-state index < -0.39 is 0 Å². The molecule has 0 rings (SSSR count). The molecule has 0 bridgehead atoms. The van der Waals surface area contributed by atoms with Crippen molar-refractivity contribution in [1.82, 2.24) is 0 Å². The van der Waals surface area contributed by atoms with Gasteiger partial charge in [-0.15, -0.1) is 0 Å². The zero-order valence-electron chi connectivity index (χ0n) is 3.32. The van der Waals surface area contributed by atoms with Gasteiger partial charge in [0.2, 0.25) is 0 Å². The molecule has 0 aliphatic carbocycles. The Morgan fingerprint density at radius 2 is 0.429 bits per heavy atom. The second kappa shape index (κ2) is 952. The van der Waals surface area contributed by atoms with Crippen molar-refractivity contribution in [2.24, 2.45) is 0 Å². The first-order valence-electron chi connectivity index (χ1n) is 0. The van der Waals surface area contributed by atoms with E-state index in [0.29, 0.717) is 0 Å². The molecule has 0 amide bonds. The van der Waals surface area contributed by atoms with Crippen LogP contribution in [0.1, 0.15) is 1.43 Å². The van der Waals surface area contributed by atoms with Crippen molar-refractivity contribution in [3.05, 3.63) is 0 Å². The Morgan fingerprint density at radius 3 is 0.429 bits per heavy atom. The van der Waals surface area contributed by atoms with Gasteiger partial charge < -0.3 is 32.9 Å². The molecule has 0 radical (unpaired) electrons. The number of hydrogen-bond donors (Lipinski definition) is 0. The van der Waals surface area contributed by atoms with Crippen molar-refractivity contribution in [2.75, 3.05) is 0 Å². The average Bonchev–Trinajstić information content (AvgIpc) is 0. The first kappa shape index (κ1) is 1540. The third-order valence-electron chi connectivity index (χ3n) is 0. The molecule has 0 aliphatic heterocycles. The van der Waals surface area contributed by atoms with E-state index in [2.05, 4.69) is 0 Å². The number of rotatable bonds is 0. The van der Waals surface area contributed by atoms with Crippen molar-refractivity contribution < 1.29 is 55.3 Å². The van der Waals surface area contributed by atoms with Crippen LogP contribution < -0.4 is 0 Å². The van der Waals surface area contributed by atoms with Crippen LogP contribution in [-0.2, 0) is 21.1 Å². The van der Waals surface area contributed by atoms with Crippen LogP contribution in [0.4, 0.5) is 0 Å². The molecule has 0 aromatic heterocycles. The predicted molar refractivity (Wildman–Crippen MR) is 23.8 cm³/mol. The van der Waals surface area contributed by atoms with Crippen LogP contribution in [0.25, 0.3) is 0 Å². The smallest absolute Gasteiger partial charge is 0 e. The van der Waals surface area contributed by atoms with Crippen molar-refractivity contribution >= 4 is 0 Å². The van der Waals surface area contributed by atoms with E-state index in [1.54, 1.807) is 0 Å². The molecule has 0 heterocycles. The van der Waals surface area contributed by atoms with Gasteiger partial charge in [-0.05, 0) is 0 Å². The SMILES string of the molecule is O.O.O.O.O.O.[HH].[Pt]. The van der Waals surface area contributed by atoms with Gasteiger partial charge in [0, 0.05) is 22.5 Å². The fraction of sp³-hybridized carbons (Fsp3) is 0. The van der Waals surface area contributed by atoms with Crippen LogP contribution in [0.15, 0.2) is 0 Å². The Labute approximate surface area is 56.1 Å². The summed E-state index contributed by atoms with van der Waals surface area (Å²) in [6.07, 6.45) is 0. The molecule has 7 heavy (non-hydrogen) atoms. The molecule has 0 saturated heterocycles. The van der Waals surface area contributed by atoms with Crippen LogP contribution in [0.2, 0.25) is 0 Å². The summed E-state index contributed by atoms with van der Waals surface area (Å²) in [5.41, 5.74) is 0. The summed E-state index contributed by atoms with van der Waals surface area (Å²) in [6.45, 7) is 0. The maximum Gasteiger partial charge on any atom is 0 e. The molecule has 0 atom stereocenters. The van der Waals surface area contributed by atoms with E-state index in [1.165, 1.54) is 0 Å². The van der Waals surface area contributed by atoms with E-state index in [4.69, 9.17) is 0 Å². The maximum absolute atomic E-state index is 0. The van der Waals surface area contributed by atoms with Crippen LogP contribution in [0.5, 0.6) is 0 Å². The Bertz CT molecular complexity index is 8.49. The molecule has 6 nitrogen and oxygen atoms in total. The summed E-state index contributed by atoms with van der Waals surface area (Å²) in [7, 11) is 0. The molecule has 12 N–H and O–H groups in total. The van der Waals surface area contributed by atoms with Gasteiger partial charge in [-0.2, -0.15) is 0 Å². The maximum atomic E-state index is 0. The minimum Gasteiger partial charge on any atom is -0.412 e. The Morgan fingerprint density at radius 1 is 0.429 bits per heavy atom. The van der Waals surface area contributed by atoms with Crippen LogP contribution in [-0.4, -0.2) is 32.9 Å². The topological polar surface area (TPSA) is 189 Å². The van der Waals surface area contributed by atoms with Gasteiger partial charge in [0.25, 0.3) is 0 Å². The fourth-order valence-corrected chi connectivity index (χ4v) is 0. The molecular formula is H14O6Pt. The van der Waals surface area contributed by atoms with Crippen molar-refractivity contribution in [3.63, 3.8) is 0 Å². The number of hydrogen-bond acceptors (Lipinski definition) is 0. The molecule has 7 heteroatoms. The standard InChI is InChI=1S/6H2O.Pt.H2/h6*1H2;;1H. The first-order valence-corrected chi connectivity index (χ1v) is 0. The Balaban J connectivity index is 0. The van der Waals surface area contributed by atoms with Gasteiger partial charge in [0.15, 0.2) is 0 Å². The van der Waals surface area contributed by atoms with Crippen LogP contribution in [0, 0.1) is 0 Å². The quantitative estimate of drug-likeness (QED) is 0.416. The molecule has 60 valence electrons. The van der Waals surface area contributed by atoms with E-state index in [1.807, 2.05) is 0 Å². The molecule has 0 spiro atoms. The molecule has 0 fully saturated rings. The van der Waals surface area contributed by atoms with E-state index >= 15 is 0 Å². The van der Waals surface area contributed by atoms with Gasteiger partial charge in [0.05, 0.1) is 0 Å². The predicted octanol–water partition coefficient (Wildman–Crippen LogP) is -4.70. The van der Waals surface area contributed by atoms with Crippen molar-refractivity contribution in [2.45, 2.75) is 0 Å². The first-order chi connectivity index (χ1) is 0. The summed E-state index contributed by atoms with van der Waals surface area (Å²) in [4.78, 5) is 0. The van der Waals surface area contributed by atoms with Crippen molar-refractivity contribution in [1.29, 1.82) is 0 Å². The molecular weight excluding hydrogens is 291 g/mol. The summed E-state index contributed by atoms with van der Waals surface area (Å²) in [6, 6.07) is 0. The third kappa shape index (κ3) is 635. The molecule has 0 saturated carbocycles. The van der Waals surface area contributed by atoms with Gasteiger partial charge in [-0.25, -0.2) is 0 Å². The minimum absolute atomic E-state index is 0. The van der Waals surface area contributed by atoms with Gasteiger partial charge >= 0.3 is 0 Å². The average molecular weight is 305 g/mol. The van der Waals surface area contributed by atoms with Gasteiger partial charge in [-0.3, -0.25) is 0 Å². The minimum atomic E-state index is 0. The summed E-state index contributed by atoms with van der Waals surface area (Å²) in [5, 5.41) is 0. The fourth-order valence-electron chi connectivity index (χ4n) is 0. The normalized spacial score (nSPS) is 0. The Hall–Kier alpha value is 0.448. The zero-order valence-corrected chi connectivity index (χ0v) is 5.59. The molecule has 0 aromatic rings. The van der Waals surface area contributed by atoms with E-state index in [-0.39, 0.29) is 55.3 Å². The second-order valence-corrected chi connectivity index (χ2v) is 0.